The summed E-state index contributed by atoms with van der Waals surface area (Å²) in [6, 6.07) is 27.8. The van der Waals surface area contributed by atoms with E-state index in [0.717, 1.165) is 57.3 Å². The Balaban J connectivity index is 0.000000200. The lowest BCUT2D eigenvalue weighted by Crippen LogP contribution is -2.29. The van der Waals surface area contributed by atoms with Crippen LogP contribution in [0.5, 0.6) is 34.5 Å². The summed E-state index contributed by atoms with van der Waals surface area (Å²) >= 11 is 11.2. The molecule has 0 aromatic heterocycles. The van der Waals surface area contributed by atoms with Crippen LogP contribution >= 0.6 is 48.8 Å². The van der Waals surface area contributed by atoms with Crippen LogP contribution in [0.15, 0.2) is 126 Å². The Kier molecular flexibility index (Phi) is 18.8. The third kappa shape index (κ3) is 11.8. The van der Waals surface area contributed by atoms with Crippen molar-refractivity contribution in [3.63, 3.8) is 0 Å². The van der Waals surface area contributed by atoms with Gasteiger partial charge in [-0.2, -0.15) is 0 Å². The number of carboxylic acid groups (broad SMARTS) is 1. The number of nitrogens with one attached hydrogen (secondary N) is 1. The number of thioether (sulfide) groups is 2. The molecule has 2 aliphatic carbocycles. The minimum atomic E-state index is -0.939. The normalized spacial score (nSPS) is 14.0. The number of carbonyl (C=O) groups excluding carboxylic acids is 1. The maximum atomic E-state index is 13.2. The lowest BCUT2D eigenvalue weighted by Gasteiger charge is -2.20. The summed E-state index contributed by atoms with van der Waals surface area (Å²) in [5.74, 6) is 2.13. The molecule has 0 spiro atoms. The highest BCUT2D eigenvalue weighted by atomic mass is 32.2. The molecule has 6 aromatic rings. The molecule has 0 saturated heterocycles. The highest BCUT2D eigenvalue weighted by Gasteiger charge is 2.31. The third-order valence-corrected chi connectivity index (χ3v) is 14.4. The number of rotatable bonds is 11. The number of methoxy groups -OCH3 is 6. The number of amides is 1. The van der Waals surface area contributed by atoms with Gasteiger partial charge in [0.1, 0.15) is 0 Å². The molecule has 8 rings (SSSR count). The minimum absolute atomic E-state index is 0.0166. The molecule has 71 heavy (non-hydrogen) atoms. The van der Waals surface area contributed by atoms with E-state index in [1.54, 1.807) is 91.2 Å². The number of nitrogens with two attached hydrogens (primary N) is 1. The second kappa shape index (κ2) is 24.7. The first-order chi connectivity index (χ1) is 34.2. The molecular formula is C54H56N2O11S4. The van der Waals surface area contributed by atoms with Crippen LogP contribution < -0.4 is 50.3 Å². The molecule has 0 saturated carbocycles. The molecule has 2 atom stereocenters. The summed E-state index contributed by atoms with van der Waals surface area (Å²) in [5, 5.41) is 11.7. The van der Waals surface area contributed by atoms with Gasteiger partial charge in [0.05, 0.1) is 69.6 Å². The van der Waals surface area contributed by atoms with Gasteiger partial charge in [-0.05, 0) is 132 Å². The Bertz CT molecular complexity index is 3080. The maximum absolute atomic E-state index is 13.2. The smallest absolute Gasteiger partial charge is 0.336 e. The van der Waals surface area contributed by atoms with Crippen molar-refractivity contribution in [3.05, 3.63) is 151 Å². The Morgan fingerprint density at radius 3 is 1.45 bits per heavy atom. The number of carbonyl (C=O) groups is 2. The monoisotopic (exact) mass is 1040 g/mol. The van der Waals surface area contributed by atoms with Crippen LogP contribution in [-0.4, -0.2) is 72.2 Å². The average Bonchev–Trinajstić information content (AvgIpc) is 3.77. The summed E-state index contributed by atoms with van der Waals surface area (Å²) in [6.07, 6.45) is 6.46. The number of hydrogen-bond donors (Lipinski definition) is 5. The van der Waals surface area contributed by atoms with Gasteiger partial charge in [0.2, 0.25) is 11.5 Å². The van der Waals surface area contributed by atoms with Crippen molar-refractivity contribution in [3.8, 4) is 56.8 Å². The molecule has 0 unspecified atom stereocenters. The van der Waals surface area contributed by atoms with Crippen LogP contribution in [0.3, 0.4) is 0 Å². The Morgan fingerprint density at radius 1 is 0.592 bits per heavy atom. The molecule has 13 nitrogen and oxygen atoms in total. The van der Waals surface area contributed by atoms with Crippen LogP contribution in [0.4, 0.5) is 0 Å². The van der Waals surface area contributed by atoms with Gasteiger partial charge in [0.25, 0.3) is 5.91 Å². The molecule has 372 valence electrons. The van der Waals surface area contributed by atoms with Crippen molar-refractivity contribution in [1.82, 2.24) is 5.32 Å². The van der Waals surface area contributed by atoms with Gasteiger partial charge in [-0.1, -0.05) is 36.4 Å². The number of aromatic carboxylic acids is 1. The quantitative estimate of drug-likeness (QED) is 0.0611. The van der Waals surface area contributed by atoms with Crippen molar-refractivity contribution in [1.29, 1.82) is 0 Å². The van der Waals surface area contributed by atoms with Crippen molar-refractivity contribution >= 4 is 60.7 Å². The van der Waals surface area contributed by atoms with E-state index in [0.29, 0.717) is 72.5 Å². The van der Waals surface area contributed by atoms with Crippen LogP contribution in [0.1, 0.15) is 67.9 Å². The lowest BCUT2D eigenvalue weighted by molar-refractivity contribution is 0.0692. The SMILES string of the molecule is COc1cc2c(c(OC)c1OC)-c1ccc(SC)c(=O)cc1[C@@H](N)CC2.COc1cc2c(c(OC)c1OC)-c1ccc(SC)c(=O)cc1[C@@H](NC(=O)c1ccccc1S)CC2.O=C(O)c1ccccc1S. The first kappa shape index (κ1) is 54.1. The van der Waals surface area contributed by atoms with Crippen molar-refractivity contribution in [2.75, 3.05) is 55.2 Å². The van der Waals surface area contributed by atoms with E-state index in [1.165, 1.54) is 29.6 Å². The van der Waals surface area contributed by atoms with Crippen molar-refractivity contribution in [2.24, 2.45) is 5.73 Å². The predicted octanol–water partition coefficient (Wildman–Crippen LogP) is 10.2. The van der Waals surface area contributed by atoms with Gasteiger partial charge in [0, 0.05) is 27.0 Å². The molecule has 0 fully saturated rings. The highest BCUT2D eigenvalue weighted by Crippen LogP contribution is 2.51. The van der Waals surface area contributed by atoms with Gasteiger partial charge in [-0.3, -0.25) is 14.4 Å². The topological polar surface area (TPSA) is 182 Å². The number of fused-ring (bicyclic) bond motifs is 6. The average molecular weight is 1040 g/mol. The van der Waals surface area contributed by atoms with E-state index in [-0.39, 0.29) is 28.4 Å². The van der Waals surface area contributed by atoms with E-state index < -0.39 is 12.0 Å². The molecule has 4 N–H and O–H groups in total. The van der Waals surface area contributed by atoms with Crippen LogP contribution in [0, 0.1) is 0 Å². The largest absolute Gasteiger partial charge is 0.493 e. The van der Waals surface area contributed by atoms with Gasteiger partial charge in [0.15, 0.2) is 33.9 Å². The van der Waals surface area contributed by atoms with E-state index in [2.05, 4.69) is 30.6 Å². The zero-order valence-corrected chi connectivity index (χ0v) is 44.0. The molecule has 2 aliphatic rings. The molecular weight excluding hydrogens is 981 g/mol. The van der Waals surface area contributed by atoms with Crippen LogP contribution in [0.25, 0.3) is 22.3 Å². The highest BCUT2D eigenvalue weighted by molar-refractivity contribution is 7.98. The first-order valence-corrected chi connectivity index (χ1v) is 25.5. The fourth-order valence-electron chi connectivity index (χ4n) is 8.67. The van der Waals surface area contributed by atoms with Gasteiger partial charge in [-0.25, -0.2) is 4.79 Å². The number of ether oxygens (including phenoxy) is 6. The molecule has 0 aliphatic heterocycles. The van der Waals surface area contributed by atoms with Gasteiger partial charge in [-0.15, -0.1) is 48.8 Å². The van der Waals surface area contributed by atoms with E-state index in [9.17, 15) is 19.2 Å². The zero-order valence-electron chi connectivity index (χ0n) is 40.5. The fourth-order valence-corrected chi connectivity index (χ4v) is 10.1. The lowest BCUT2D eigenvalue weighted by atomic mass is 9.95. The summed E-state index contributed by atoms with van der Waals surface area (Å²) in [6.45, 7) is 0. The van der Waals surface area contributed by atoms with E-state index in [1.807, 2.05) is 55.0 Å². The predicted molar refractivity (Wildman–Crippen MR) is 287 cm³/mol. The van der Waals surface area contributed by atoms with Crippen molar-refractivity contribution in [2.45, 2.75) is 57.3 Å². The third-order valence-electron chi connectivity index (χ3n) is 12.1. The summed E-state index contributed by atoms with van der Waals surface area (Å²) in [7, 11) is 9.53. The van der Waals surface area contributed by atoms with Gasteiger partial charge < -0.3 is 44.6 Å². The molecule has 0 heterocycles. The van der Waals surface area contributed by atoms with Crippen LogP contribution in [0.2, 0.25) is 0 Å². The molecule has 6 aromatic carbocycles. The number of aryl methyl sites for hydroxylation is 2. The second-order valence-electron chi connectivity index (χ2n) is 16.0. The van der Waals surface area contributed by atoms with Gasteiger partial charge >= 0.3 is 5.97 Å². The Labute approximate surface area is 432 Å². The maximum Gasteiger partial charge on any atom is 0.336 e. The Morgan fingerprint density at radius 2 is 1.03 bits per heavy atom. The molecule has 1 amide bonds. The number of carboxylic acids is 1. The van der Waals surface area contributed by atoms with Crippen LogP contribution in [-0.2, 0) is 12.8 Å². The molecule has 0 bridgehead atoms. The number of hydrogen-bond acceptors (Lipinski definition) is 15. The Hall–Kier alpha value is -6.24. The second-order valence-corrected chi connectivity index (χ2v) is 18.6. The summed E-state index contributed by atoms with van der Waals surface area (Å²) in [4.78, 5) is 51.6. The van der Waals surface area contributed by atoms with E-state index in [4.69, 9.17) is 39.3 Å². The van der Waals surface area contributed by atoms with E-state index >= 15 is 0 Å². The molecule has 17 heteroatoms. The minimum Gasteiger partial charge on any atom is -0.493 e. The fraction of sp³-hybridized carbons (Fsp3) is 0.259. The molecule has 0 radical (unpaired) electrons. The first-order valence-electron chi connectivity index (χ1n) is 22.1. The standard InChI is InChI=1S/C27H27NO5S2.C20H23NO4S.C7H6O2S/c1-31-21-13-15-9-11-19(28-27(30)17-7-5-6-8-22(17)34)18-14-20(29)23(35-4)12-10-16(18)24(15)26(33-3)25(21)32-2;1-23-16-9-11-5-7-14(21)13-10-15(22)17(26-4)8-6-12(13)18(11)20(25-3)19(16)24-2;8-7(9)5-3-1-2-4-6(5)10/h5-8,10,12-14,19,34H,9,11H2,1-4H3,(H,28,30);6,8-10,14H,5,7,21H2,1-4H3;1-4,10H,(H,8,9)/t19-;14-;/m00./s1. The van der Waals surface area contributed by atoms with Crippen molar-refractivity contribution < 1.29 is 43.1 Å². The number of thiol groups is 2. The number of benzene rings is 4. The summed E-state index contributed by atoms with van der Waals surface area (Å²) < 4.78 is 33.8. The zero-order chi connectivity index (χ0) is 51.5. The summed E-state index contributed by atoms with van der Waals surface area (Å²) in [5.41, 5.74) is 14.1.